The molecule has 0 N–H and O–H groups in total. The van der Waals surface area contributed by atoms with Gasteiger partial charge in [-0.05, 0) is 62.7 Å². The lowest BCUT2D eigenvalue weighted by molar-refractivity contribution is -0.144. The van der Waals surface area contributed by atoms with Gasteiger partial charge in [0.2, 0.25) is 5.91 Å². The highest BCUT2D eigenvalue weighted by Crippen LogP contribution is 2.37. The lowest BCUT2D eigenvalue weighted by Crippen LogP contribution is -2.50. The summed E-state index contributed by atoms with van der Waals surface area (Å²) in [5.41, 5.74) is 0. The van der Waals surface area contributed by atoms with Crippen LogP contribution < -0.4 is 0 Å². The Morgan fingerprint density at radius 1 is 1.20 bits per heavy atom. The fourth-order valence-corrected chi connectivity index (χ4v) is 4.54. The van der Waals surface area contributed by atoms with Crippen LogP contribution in [0.2, 0.25) is 0 Å². The maximum absolute atomic E-state index is 12.7. The van der Waals surface area contributed by atoms with Gasteiger partial charge in [-0.15, -0.1) is 0 Å². The van der Waals surface area contributed by atoms with Crippen LogP contribution in [0.5, 0.6) is 0 Å². The Kier molecular flexibility index (Phi) is 5.13. The maximum Gasteiger partial charge on any atom is 0.225 e. The number of piperidine rings is 1. The topological polar surface area (TPSA) is 45.9 Å². The number of amides is 1. The van der Waals surface area contributed by atoms with Crippen molar-refractivity contribution in [1.29, 1.82) is 0 Å². The van der Waals surface area contributed by atoms with Crippen molar-refractivity contribution >= 4 is 5.91 Å². The number of fused-ring (bicyclic) bond motifs is 1. The summed E-state index contributed by atoms with van der Waals surface area (Å²) in [6.45, 7) is 5.43. The van der Waals surface area contributed by atoms with Gasteiger partial charge in [0, 0.05) is 32.0 Å². The lowest BCUT2D eigenvalue weighted by Gasteiger charge is -2.41. The predicted octanol–water partition coefficient (Wildman–Crippen LogP) is 2.62. The highest BCUT2D eigenvalue weighted by molar-refractivity contribution is 5.79. The van der Waals surface area contributed by atoms with E-state index in [0.29, 0.717) is 17.7 Å². The Morgan fingerprint density at radius 3 is 2.80 bits per heavy atom. The first-order chi connectivity index (χ1) is 12.2. The van der Waals surface area contributed by atoms with Crippen molar-refractivity contribution in [2.45, 2.75) is 32.2 Å². The molecule has 0 bridgehead atoms. The predicted molar refractivity (Wildman–Crippen MR) is 94.9 cm³/mol. The molecule has 1 saturated carbocycles. The molecular weight excluding hydrogens is 316 g/mol. The van der Waals surface area contributed by atoms with E-state index in [2.05, 4.69) is 4.90 Å². The molecule has 3 heterocycles. The van der Waals surface area contributed by atoms with E-state index in [0.717, 1.165) is 63.9 Å². The third kappa shape index (κ3) is 4.09. The van der Waals surface area contributed by atoms with Gasteiger partial charge in [-0.25, -0.2) is 0 Å². The lowest BCUT2D eigenvalue weighted by atomic mass is 9.75. The van der Waals surface area contributed by atoms with Crippen molar-refractivity contribution in [2.75, 3.05) is 39.9 Å². The van der Waals surface area contributed by atoms with Crippen LogP contribution in [0, 0.1) is 23.7 Å². The van der Waals surface area contributed by atoms with E-state index in [-0.39, 0.29) is 5.92 Å². The van der Waals surface area contributed by atoms with Crippen LogP contribution in [0.1, 0.15) is 31.4 Å². The summed E-state index contributed by atoms with van der Waals surface area (Å²) in [5.74, 6) is 3.26. The zero-order valence-corrected chi connectivity index (χ0v) is 15.2. The van der Waals surface area contributed by atoms with Crippen molar-refractivity contribution in [2.24, 2.45) is 23.7 Å². The fourth-order valence-electron chi connectivity index (χ4n) is 4.54. The first-order valence-electron chi connectivity index (χ1n) is 9.78. The van der Waals surface area contributed by atoms with Gasteiger partial charge in [0.1, 0.15) is 5.76 Å². The van der Waals surface area contributed by atoms with Gasteiger partial charge in [-0.2, -0.15) is 0 Å². The molecular formula is C20H30N2O3. The molecule has 138 valence electrons. The summed E-state index contributed by atoms with van der Waals surface area (Å²) in [4.78, 5) is 17.1. The van der Waals surface area contributed by atoms with E-state index in [9.17, 15) is 4.79 Å². The van der Waals surface area contributed by atoms with Gasteiger partial charge < -0.3 is 14.1 Å². The molecule has 0 spiro atoms. The van der Waals surface area contributed by atoms with E-state index in [1.165, 1.54) is 12.8 Å². The second kappa shape index (κ2) is 7.50. The van der Waals surface area contributed by atoms with Gasteiger partial charge in [0.15, 0.2) is 0 Å². The second-order valence-electron chi connectivity index (χ2n) is 8.16. The minimum atomic E-state index is 0.162. The number of hydrogen-bond acceptors (Lipinski definition) is 4. The number of furan rings is 1. The summed E-state index contributed by atoms with van der Waals surface area (Å²) in [7, 11) is 1.96. The Bertz CT molecular complexity index is 570. The average molecular weight is 346 g/mol. The molecule has 2 aliphatic heterocycles. The van der Waals surface area contributed by atoms with Crippen LogP contribution in [-0.2, 0) is 16.1 Å². The monoisotopic (exact) mass is 346 g/mol. The molecule has 3 aliphatic rings. The molecule has 1 aliphatic carbocycles. The van der Waals surface area contributed by atoms with Crippen LogP contribution in [0.15, 0.2) is 22.8 Å². The third-order valence-corrected chi connectivity index (χ3v) is 6.20. The number of carbonyl (C=O) groups is 1. The summed E-state index contributed by atoms with van der Waals surface area (Å²) in [6, 6.07) is 3.98. The Labute approximate surface area is 150 Å². The molecule has 25 heavy (non-hydrogen) atoms. The van der Waals surface area contributed by atoms with Gasteiger partial charge in [-0.3, -0.25) is 9.69 Å². The average Bonchev–Trinajstić information content (AvgIpc) is 3.33. The van der Waals surface area contributed by atoms with E-state index in [1.54, 1.807) is 6.26 Å². The van der Waals surface area contributed by atoms with E-state index < -0.39 is 0 Å². The van der Waals surface area contributed by atoms with E-state index in [4.69, 9.17) is 9.15 Å². The van der Waals surface area contributed by atoms with Crippen LogP contribution >= 0.6 is 0 Å². The number of likely N-dealkylation sites (tertiary alicyclic amines) is 2. The summed E-state index contributed by atoms with van der Waals surface area (Å²) in [5, 5.41) is 0. The maximum atomic E-state index is 12.7. The number of carbonyl (C=O) groups excluding carboxylic acids is 1. The molecule has 4 rings (SSSR count). The van der Waals surface area contributed by atoms with Crippen molar-refractivity contribution < 1.29 is 13.9 Å². The quantitative estimate of drug-likeness (QED) is 0.794. The first kappa shape index (κ1) is 17.1. The molecule has 0 unspecified atom stereocenters. The molecule has 1 aromatic rings. The Balaban J connectivity index is 1.38. The number of rotatable bonds is 6. The number of hydrogen-bond donors (Lipinski definition) is 0. The SMILES string of the molecule is CN1C[C@@H](COCC2CC2)[C@H]2CCN(Cc3ccco3)CC[C@H]2C1=O. The molecule has 1 amide bonds. The summed E-state index contributed by atoms with van der Waals surface area (Å²) < 4.78 is 11.5. The van der Waals surface area contributed by atoms with Crippen LogP contribution in [-0.4, -0.2) is 55.6 Å². The molecule has 5 nitrogen and oxygen atoms in total. The van der Waals surface area contributed by atoms with Crippen molar-refractivity contribution in [3.8, 4) is 0 Å². The fraction of sp³-hybridized carbons (Fsp3) is 0.750. The number of nitrogens with zero attached hydrogens (tertiary/aromatic N) is 2. The Hall–Kier alpha value is -1.33. The summed E-state index contributed by atoms with van der Waals surface area (Å²) in [6.07, 6.45) is 6.43. The standard InChI is InChI=1S/C20H30N2O3/c1-21-11-16(14-24-13-15-4-5-15)18-6-8-22(9-7-19(18)20(21)23)12-17-3-2-10-25-17/h2-3,10,15-16,18-19H,4-9,11-14H2,1H3/t16-,18+,19+/m0/s1. The normalized spacial score (nSPS) is 31.0. The largest absolute Gasteiger partial charge is 0.468 e. The molecule has 5 heteroatoms. The Morgan fingerprint density at radius 2 is 2.04 bits per heavy atom. The minimum Gasteiger partial charge on any atom is -0.468 e. The van der Waals surface area contributed by atoms with Gasteiger partial charge in [0.25, 0.3) is 0 Å². The van der Waals surface area contributed by atoms with Gasteiger partial charge in [-0.1, -0.05) is 0 Å². The third-order valence-electron chi connectivity index (χ3n) is 6.20. The molecule has 0 radical (unpaired) electrons. The molecule has 2 saturated heterocycles. The van der Waals surface area contributed by atoms with Gasteiger partial charge in [0.05, 0.1) is 19.4 Å². The van der Waals surface area contributed by atoms with Crippen LogP contribution in [0.4, 0.5) is 0 Å². The summed E-state index contributed by atoms with van der Waals surface area (Å²) >= 11 is 0. The number of ether oxygens (including phenoxy) is 1. The smallest absolute Gasteiger partial charge is 0.225 e. The van der Waals surface area contributed by atoms with Crippen LogP contribution in [0.3, 0.4) is 0 Å². The van der Waals surface area contributed by atoms with Crippen LogP contribution in [0.25, 0.3) is 0 Å². The minimum absolute atomic E-state index is 0.162. The zero-order chi connectivity index (χ0) is 17.2. The highest BCUT2D eigenvalue weighted by atomic mass is 16.5. The first-order valence-corrected chi connectivity index (χ1v) is 9.78. The van der Waals surface area contributed by atoms with Crippen molar-refractivity contribution in [3.63, 3.8) is 0 Å². The second-order valence-corrected chi connectivity index (χ2v) is 8.16. The molecule has 1 aromatic heterocycles. The molecule has 3 atom stereocenters. The van der Waals surface area contributed by atoms with Crippen molar-refractivity contribution in [3.05, 3.63) is 24.2 Å². The van der Waals surface area contributed by atoms with Gasteiger partial charge >= 0.3 is 0 Å². The zero-order valence-electron chi connectivity index (χ0n) is 15.2. The molecule has 0 aromatic carbocycles. The molecule has 3 fully saturated rings. The van der Waals surface area contributed by atoms with E-state index in [1.807, 2.05) is 24.1 Å². The highest BCUT2D eigenvalue weighted by Gasteiger charge is 2.42. The van der Waals surface area contributed by atoms with Crippen molar-refractivity contribution in [1.82, 2.24) is 9.80 Å². The van der Waals surface area contributed by atoms with E-state index >= 15 is 0 Å².